The van der Waals surface area contributed by atoms with E-state index >= 15 is 0 Å². The van der Waals surface area contributed by atoms with Crippen molar-refractivity contribution in [3.05, 3.63) is 58.9 Å². The van der Waals surface area contributed by atoms with Crippen LogP contribution in [0.5, 0.6) is 11.5 Å². The highest BCUT2D eigenvalue weighted by atomic mass is 32.1. The van der Waals surface area contributed by atoms with Crippen LogP contribution in [-0.4, -0.2) is 40.0 Å². The summed E-state index contributed by atoms with van der Waals surface area (Å²) in [6.45, 7) is 1.65. The van der Waals surface area contributed by atoms with Crippen LogP contribution in [0.25, 0.3) is 11.4 Å². The SMILES string of the molecule is COc1ccc(C2CCCN2Cn2nc(-c3ccccc3)n(C)c2=S)c(OC)c1. The largest absolute Gasteiger partial charge is 0.497 e. The lowest BCUT2D eigenvalue weighted by atomic mass is 10.0. The van der Waals surface area contributed by atoms with Crippen LogP contribution in [0.1, 0.15) is 24.4 Å². The van der Waals surface area contributed by atoms with E-state index in [-0.39, 0.29) is 6.04 Å². The molecular formula is C22H26N4O2S. The molecule has 0 spiro atoms. The second kappa shape index (κ2) is 8.39. The molecule has 29 heavy (non-hydrogen) atoms. The van der Waals surface area contributed by atoms with Gasteiger partial charge in [0.15, 0.2) is 10.6 Å². The Hall–Kier alpha value is -2.64. The van der Waals surface area contributed by atoms with Crippen molar-refractivity contribution in [1.82, 2.24) is 19.2 Å². The summed E-state index contributed by atoms with van der Waals surface area (Å²) in [6.07, 6.45) is 2.21. The molecule has 152 valence electrons. The van der Waals surface area contributed by atoms with E-state index in [0.29, 0.717) is 6.67 Å². The van der Waals surface area contributed by atoms with Gasteiger partial charge in [0.2, 0.25) is 0 Å². The first kappa shape index (κ1) is 19.7. The lowest BCUT2D eigenvalue weighted by molar-refractivity contribution is 0.187. The van der Waals surface area contributed by atoms with Gasteiger partial charge in [0.05, 0.1) is 20.9 Å². The first-order valence-corrected chi connectivity index (χ1v) is 10.2. The lowest BCUT2D eigenvalue weighted by Gasteiger charge is -2.26. The van der Waals surface area contributed by atoms with Gasteiger partial charge in [0, 0.05) is 36.8 Å². The maximum absolute atomic E-state index is 5.68. The topological polar surface area (TPSA) is 44.5 Å². The number of likely N-dealkylation sites (tertiary alicyclic amines) is 1. The van der Waals surface area contributed by atoms with Crippen LogP contribution in [0.15, 0.2) is 48.5 Å². The Morgan fingerprint density at radius 2 is 1.90 bits per heavy atom. The van der Waals surface area contributed by atoms with Crippen LogP contribution < -0.4 is 9.47 Å². The highest BCUT2D eigenvalue weighted by Crippen LogP contribution is 2.39. The highest BCUT2D eigenvalue weighted by Gasteiger charge is 2.29. The van der Waals surface area contributed by atoms with Crippen molar-refractivity contribution >= 4 is 12.2 Å². The van der Waals surface area contributed by atoms with Gasteiger partial charge in [-0.05, 0) is 31.1 Å². The Labute approximate surface area is 176 Å². The van der Waals surface area contributed by atoms with E-state index in [1.54, 1.807) is 14.2 Å². The van der Waals surface area contributed by atoms with Crippen molar-refractivity contribution in [1.29, 1.82) is 0 Å². The quantitative estimate of drug-likeness (QED) is 0.563. The van der Waals surface area contributed by atoms with E-state index < -0.39 is 0 Å². The molecule has 4 rings (SSSR count). The monoisotopic (exact) mass is 410 g/mol. The summed E-state index contributed by atoms with van der Waals surface area (Å²) >= 11 is 5.68. The van der Waals surface area contributed by atoms with Gasteiger partial charge in [-0.2, -0.15) is 5.10 Å². The maximum Gasteiger partial charge on any atom is 0.199 e. The molecule has 1 aliphatic rings. The molecule has 2 aromatic carbocycles. The third-order valence-electron chi connectivity index (χ3n) is 5.55. The summed E-state index contributed by atoms with van der Waals surface area (Å²) in [5.41, 5.74) is 2.24. The minimum atomic E-state index is 0.264. The fraction of sp³-hybridized carbons (Fsp3) is 0.364. The Kier molecular flexibility index (Phi) is 5.69. The summed E-state index contributed by atoms with van der Waals surface area (Å²) < 4.78 is 15.6. The number of hydrogen-bond acceptors (Lipinski definition) is 5. The molecule has 1 aromatic heterocycles. The molecule has 0 amide bonds. The molecule has 1 saturated heterocycles. The Balaban J connectivity index is 1.63. The smallest absolute Gasteiger partial charge is 0.199 e. The molecule has 1 fully saturated rings. The zero-order valence-electron chi connectivity index (χ0n) is 17.0. The fourth-order valence-electron chi connectivity index (χ4n) is 4.03. The zero-order valence-corrected chi connectivity index (χ0v) is 17.9. The molecule has 3 aromatic rings. The van der Waals surface area contributed by atoms with Crippen LogP contribution in [0.4, 0.5) is 0 Å². The summed E-state index contributed by atoms with van der Waals surface area (Å²) in [5.74, 6) is 2.54. The number of nitrogens with zero attached hydrogens (tertiary/aromatic N) is 4. The number of hydrogen-bond donors (Lipinski definition) is 0. The molecule has 1 atom stereocenters. The van der Waals surface area contributed by atoms with Crippen LogP contribution in [-0.2, 0) is 13.7 Å². The number of rotatable bonds is 6. The van der Waals surface area contributed by atoms with Gasteiger partial charge in [-0.3, -0.25) is 4.90 Å². The maximum atomic E-state index is 5.68. The first-order chi connectivity index (χ1) is 14.1. The molecule has 0 N–H and O–H groups in total. The number of methoxy groups -OCH3 is 2. The molecule has 0 aliphatic carbocycles. The lowest BCUT2D eigenvalue weighted by Crippen LogP contribution is -2.27. The molecular weight excluding hydrogens is 384 g/mol. The minimum absolute atomic E-state index is 0.264. The molecule has 0 radical (unpaired) electrons. The van der Waals surface area contributed by atoms with E-state index in [1.165, 1.54) is 5.56 Å². The van der Waals surface area contributed by atoms with Gasteiger partial charge in [-0.15, -0.1) is 0 Å². The standard InChI is InChI=1S/C22H26N4O2S/c1-24-21(16-8-5-4-6-9-16)23-26(22(24)29)15-25-13-7-10-19(25)18-12-11-17(27-2)14-20(18)28-3/h4-6,8-9,11-12,14,19H,7,10,13,15H2,1-3H3. The number of aromatic nitrogens is 3. The average molecular weight is 411 g/mol. The first-order valence-electron chi connectivity index (χ1n) is 9.77. The number of benzene rings is 2. The van der Waals surface area contributed by atoms with Crippen LogP contribution in [0.3, 0.4) is 0 Å². The second-order valence-electron chi connectivity index (χ2n) is 7.25. The summed E-state index contributed by atoms with van der Waals surface area (Å²) in [7, 11) is 5.35. The summed E-state index contributed by atoms with van der Waals surface area (Å²) in [5, 5.41) is 4.82. The molecule has 0 bridgehead atoms. The molecule has 1 aliphatic heterocycles. The summed E-state index contributed by atoms with van der Waals surface area (Å²) in [6, 6.07) is 16.5. The second-order valence-corrected chi connectivity index (χ2v) is 7.62. The van der Waals surface area contributed by atoms with Crippen molar-refractivity contribution < 1.29 is 9.47 Å². The molecule has 0 saturated carbocycles. The Morgan fingerprint density at radius 3 is 2.62 bits per heavy atom. The van der Waals surface area contributed by atoms with Gasteiger partial charge >= 0.3 is 0 Å². The van der Waals surface area contributed by atoms with Gasteiger partial charge < -0.3 is 14.0 Å². The van der Waals surface area contributed by atoms with Gasteiger partial charge in [0.25, 0.3) is 0 Å². The highest BCUT2D eigenvalue weighted by molar-refractivity contribution is 7.71. The van der Waals surface area contributed by atoms with Crippen LogP contribution in [0.2, 0.25) is 0 Å². The van der Waals surface area contributed by atoms with E-state index in [4.69, 9.17) is 26.8 Å². The Morgan fingerprint density at radius 1 is 1.10 bits per heavy atom. The fourth-order valence-corrected chi connectivity index (χ4v) is 4.22. The van der Waals surface area contributed by atoms with Gasteiger partial charge in [0.1, 0.15) is 11.5 Å². The van der Waals surface area contributed by atoms with Crippen molar-refractivity contribution in [2.45, 2.75) is 25.6 Å². The predicted molar refractivity (Wildman–Crippen MR) is 116 cm³/mol. The van der Waals surface area contributed by atoms with Gasteiger partial charge in [-0.1, -0.05) is 36.4 Å². The van der Waals surface area contributed by atoms with Crippen molar-refractivity contribution in [3.8, 4) is 22.9 Å². The zero-order chi connectivity index (χ0) is 20.4. The van der Waals surface area contributed by atoms with Gasteiger partial charge in [-0.25, -0.2) is 4.68 Å². The van der Waals surface area contributed by atoms with Crippen LogP contribution in [0, 0.1) is 4.77 Å². The third-order valence-corrected chi connectivity index (χ3v) is 6.04. The molecule has 2 heterocycles. The van der Waals surface area contributed by atoms with Crippen molar-refractivity contribution in [3.63, 3.8) is 0 Å². The van der Waals surface area contributed by atoms with Crippen molar-refractivity contribution in [2.75, 3.05) is 20.8 Å². The van der Waals surface area contributed by atoms with Crippen LogP contribution >= 0.6 is 12.2 Å². The predicted octanol–water partition coefficient (Wildman–Crippen LogP) is 4.43. The Bertz CT molecular complexity index is 1040. The average Bonchev–Trinajstić information content (AvgIpc) is 3.34. The normalized spacial score (nSPS) is 16.9. The molecule has 6 nitrogen and oxygen atoms in total. The molecule has 1 unspecified atom stereocenters. The van der Waals surface area contributed by atoms with E-state index in [1.807, 2.05) is 46.6 Å². The van der Waals surface area contributed by atoms with Crippen molar-refractivity contribution in [2.24, 2.45) is 7.05 Å². The summed E-state index contributed by atoms with van der Waals surface area (Å²) in [4.78, 5) is 2.42. The molecule has 7 heteroatoms. The van der Waals surface area contributed by atoms with E-state index in [2.05, 4.69) is 23.1 Å². The van der Waals surface area contributed by atoms with E-state index in [0.717, 1.165) is 47.0 Å². The third kappa shape index (κ3) is 3.80. The number of ether oxygens (including phenoxy) is 2. The van der Waals surface area contributed by atoms with E-state index in [9.17, 15) is 0 Å². The minimum Gasteiger partial charge on any atom is -0.497 e.